The number of hydrogen-bond donors (Lipinski definition) is 0. The Morgan fingerprint density at radius 2 is 1.74 bits per heavy atom. The highest BCUT2D eigenvalue weighted by atomic mass is 16.5. The number of nitrogens with zero attached hydrogens (tertiary/aromatic N) is 1. The molecule has 0 aliphatic rings. The smallest absolute Gasteiger partial charge is 0.291 e. The maximum absolute atomic E-state index is 11.6. The first-order valence-electron chi connectivity index (χ1n) is 5.69. The van der Waals surface area contributed by atoms with Gasteiger partial charge in [-0.25, -0.2) is 4.79 Å². The van der Waals surface area contributed by atoms with Crippen LogP contribution in [-0.2, 0) is 11.4 Å². The summed E-state index contributed by atoms with van der Waals surface area (Å²) >= 11 is 0. The zero-order chi connectivity index (χ0) is 13.5. The molecule has 1 amide bonds. The average Bonchev–Trinajstić information content (AvgIpc) is 2.47. The zero-order valence-corrected chi connectivity index (χ0v) is 10.1. The topological polar surface area (TPSA) is 55.7 Å². The third kappa shape index (κ3) is 3.37. The molecule has 0 spiro atoms. The van der Waals surface area contributed by atoms with E-state index in [1.807, 2.05) is 30.3 Å². The summed E-state index contributed by atoms with van der Waals surface area (Å²) in [6.45, 7) is 0.343. The van der Waals surface area contributed by atoms with E-state index in [4.69, 9.17) is 4.74 Å². The van der Waals surface area contributed by atoms with E-state index in [1.165, 1.54) is 6.08 Å². The third-order valence-corrected chi connectivity index (χ3v) is 2.50. The van der Waals surface area contributed by atoms with Crippen molar-refractivity contribution in [2.45, 2.75) is 6.61 Å². The maximum Gasteiger partial charge on any atom is 0.291 e. The Balaban J connectivity index is 2.16. The SMILES string of the molecule is O=C=NC(=O)c1ccccc1OCc1ccccc1. The molecule has 4 nitrogen and oxygen atoms in total. The summed E-state index contributed by atoms with van der Waals surface area (Å²) in [5.41, 5.74) is 1.24. The van der Waals surface area contributed by atoms with Gasteiger partial charge in [0.05, 0.1) is 5.56 Å². The Morgan fingerprint density at radius 3 is 2.47 bits per heavy atom. The van der Waals surface area contributed by atoms with Crippen molar-refractivity contribution in [3.05, 3.63) is 65.7 Å². The lowest BCUT2D eigenvalue weighted by Gasteiger charge is -2.08. The molecule has 0 aliphatic heterocycles. The minimum Gasteiger partial charge on any atom is -0.488 e. The minimum atomic E-state index is -0.654. The van der Waals surface area contributed by atoms with E-state index >= 15 is 0 Å². The average molecular weight is 253 g/mol. The summed E-state index contributed by atoms with van der Waals surface area (Å²) in [5, 5.41) is 0. The number of para-hydroxylation sites is 1. The molecule has 94 valence electrons. The highest BCUT2D eigenvalue weighted by Gasteiger charge is 2.11. The number of aliphatic imine (C=N–C) groups is 1. The number of isocyanates is 1. The van der Waals surface area contributed by atoms with Gasteiger partial charge in [-0.05, 0) is 17.7 Å². The van der Waals surface area contributed by atoms with Crippen molar-refractivity contribution in [2.24, 2.45) is 4.99 Å². The first-order valence-corrected chi connectivity index (χ1v) is 5.69. The monoisotopic (exact) mass is 253 g/mol. The van der Waals surface area contributed by atoms with Gasteiger partial charge < -0.3 is 4.74 Å². The highest BCUT2D eigenvalue weighted by Crippen LogP contribution is 2.20. The molecule has 4 heteroatoms. The fraction of sp³-hybridized carbons (Fsp3) is 0.0667. The summed E-state index contributed by atoms with van der Waals surface area (Å²) in [6.07, 6.45) is 1.24. The van der Waals surface area contributed by atoms with Crippen molar-refractivity contribution >= 4 is 12.0 Å². The van der Waals surface area contributed by atoms with Gasteiger partial charge in [-0.1, -0.05) is 42.5 Å². The second-order valence-corrected chi connectivity index (χ2v) is 3.78. The van der Waals surface area contributed by atoms with Gasteiger partial charge in [0.2, 0.25) is 6.08 Å². The number of benzene rings is 2. The van der Waals surface area contributed by atoms with Gasteiger partial charge in [-0.15, -0.1) is 4.99 Å². The molecule has 0 radical (unpaired) electrons. The summed E-state index contributed by atoms with van der Waals surface area (Å²) in [5.74, 6) is -0.256. The number of rotatable bonds is 4. The molecule has 0 atom stereocenters. The second kappa shape index (κ2) is 6.28. The van der Waals surface area contributed by atoms with Crippen LogP contribution in [0.1, 0.15) is 15.9 Å². The van der Waals surface area contributed by atoms with Crippen LogP contribution in [-0.4, -0.2) is 12.0 Å². The van der Waals surface area contributed by atoms with Gasteiger partial charge in [0.15, 0.2) is 0 Å². The predicted octanol–water partition coefficient (Wildman–Crippen LogP) is 2.74. The number of amides is 1. The molecule has 0 saturated carbocycles. The quantitative estimate of drug-likeness (QED) is 0.621. The largest absolute Gasteiger partial charge is 0.488 e. The van der Waals surface area contributed by atoms with Crippen molar-refractivity contribution in [3.63, 3.8) is 0 Å². The molecular formula is C15H11NO3. The van der Waals surface area contributed by atoms with Crippen LogP contribution in [0.3, 0.4) is 0 Å². The number of carbonyl (C=O) groups excluding carboxylic acids is 2. The van der Waals surface area contributed by atoms with Crippen LogP contribution in [0.2, 0.25) is 0 Å². The number of carbonyl (C=O) groups is 1. The van der Waals surface area contributed by atoms with Gasteiger partial charge in [-0.2, -0.15) is 0 Å². The summed E-state index contributed by atoms with van der Waals surface area (Å²) < 4.78 is 5.58. The van der Waals surface area contributed by atoms with E-state index in [9.17, 15) is 9.59 Å². The predicted molar refractivity (Wildman–Crippen MR) is 69.7 cm³/mol. The molecule has 0 unspecified atom stereocenters. The first kappa shape index (κ1) is 12.7. The fourth-order valence-corrected chi connectivity index (χ4v) is 1.61. The molecule has 0 fully saturated rings. The standard InChI is InChI=1S/C15H11NO3/c17-11-16-15(18)13-8-4-5-9-14(13)19-10-12-6-2-1-3-7-12/h1-9H,10H2. The van der Waals surface area contributed by atoms with Crippen LogP contribution < -0.4 is 4.74 Å². The van der Waals surface area contributed by atoms with E-state index in [-0.39, 0.29) is 5.56 Å². The molecule has 0 bridgehead atoms. The van der Waals surface area contributed by atoms with Crippen LogP contribution in [0, 0.1) is 0 Å². The summed E-state index contributed by atoms with van der Waals surface area (Å²) in [4.78, 5) is 24.8. The Hall–Kier alpha value is -2.71. The van der Waals surface area contributed by atoms with Crippen LogP contribution in [0.15, 0.2) is 59.6 Å². The minimum absolute atomic E-state index is 0.252. The Labute approximate surface area is 110 Å². The molecule has 0 aromatic heterocycles. The van der Waals surface area contributed by atoms with E-state index in [1.54, 1.807) is 24.3 Å². The molecule has 2 aromatic carbocycles. The number of ether oxygens (including phenoxy) is 1. The molecule has 0 aliphatic carbocycles. The van der Waals surface area contributed by atoms with Gasteiger partial charge >= 0.3 is 0 Å². The molecule has 0 heterocycles. The van der Waals surface area contributed by atoms with Crippen molar-refractivity contribution in [2.75, 3.05) is 0 Å². The van der Waals surface area contributed by atoms with Gasteiger partial charge in [0, 0.05) is 0 Å². The Kier molecular flexibility index (Phi) is 4.21. The maximum atomic E-state index is 11.6. The van der Waals surface area contributed by atoms with E-state index in [0.717, 1.165) is 5.56 Å². The second-order valence-electron chi connectivity index (χ2n) is 3.78. The van der Waals surface area contributed by atoms with Crippen LogP contribution in [0.25, 0.3) is 0 Å². The Morgan fingerprint density at radius 1 is 1.05 bits per heavy atom. The van der Waals surface area contributed by atoms with E-state index in [0.29, 0.717) is 12.4 Å². The zero-order valence-electron chi connectivity index (χ0n) is 10.1. The molecule has 2 aromatic rings. The van der Waals surface area contributed by atoms with Gasteiger partial charge in [0.1, 0.15) is 12.4 Å². The molecule has 2 rings (SSSR count). The van der Waals surface area contributed by atoms with Gasteiger partial charge in [0.25, 0.3) is 5.91 Å². The lowest BCUT2D eigenvalue weighted by molar-refractivity contribution is 0.0998. The fourth-order valence-electron chi connectivity index (χ4n) is 1.61. The molecule has 0 saturated heterocycles. The van der Waals surface area contributed by atoms with Crippen molar-refractivity contribution < 1.29 is 14.3 Å². The summed E-state index contributed by atoms with van der Waals surface area (Å²) in [7, 11) is 0. The lowest BCUT2D eigenvalue weighted by atomic mass is 10.2. The van der Waals surface area contributed by atoms with E-state index < -0.39 is 5.91 Å². The number of hydrogen-bond acceptors (Lipinski definition) is 3. The highest BCUT2D eigenvalue weighted by molar-refractivity contribution is 5.99. The molecule has 0 N–H and O–H groups in total. The van der Waals surface area contributed by atoms with Crippen molar-refractivity contribution in [3.8, 4) is 5.75 Å². The molecule has 19 heavy (non-hydrogen) atoms. The molecular weight excluding hydrogens is 242 g/mol. The first-order chi connectivity index (χ1) is 9.31. The normalized spacial score (nSPS) is 9.47. The van der Waals surface area contributed by atoms with Crippen LogP contribution >= 0.6 is 0 Å². The van der Waals surface area contributed by atoms with Gasteiger partial charge in [-0.3, -0.25) is 4.79 Å². The van der Waals surface area contributed by atoms with Crippen LogP contribution in [0.5, 0.6) is 5.75 Å². The van der Waals surface area contributed by atoms with E-state index in [2.05, 4.69) is 4.99 Å². The van der Waals surface area contributed by atoms with Crippen molar-refractivity contribution in [1.82, 2.24) is 0 Å². The third-order valence-electron chi connectivity index (χ3n) is 2.50. The van der Waals surface area contributed by atoms with Crippen molar-refractivity contribution in [1.29, 1.82) is 0 Å². The summed E-state index contributed by atoms with van der Waals surface area (Å²) in [6, 6.07) is 16.2. The van der Waals surface area contributed by atoms with Crippen LogP contribution in [0.4, 0.5) is 0 Å². The lowest BCUT2D eigenvalue weighted by Crippen LogP contribution is -2.02. The Bertz CT molecular complexity index is 616.